The highest BCUT2D eigenvalue weighted by molar-refractivity contribution is 9.10. The van der Waals surface area contributed by atoms with Gasteiger partial charge in [0.15, 0.2) is 0 Å². The largest absolute Gasteiger partial charge is 0.379 e. The summed E-state index contributed by atoms with van der Waals surface area (Å²) in [5.74, 6) is 0. The molecule has 0 unspecified atom stereocenters. The van der Waals surface area contributed by atoms with Crippen LogP contribution in [-0.4, -0.2) is 44.3 Å². The summed E-state index contributed by atoms with van der Waals surface area (Å²) in [4.78, 5) is 2.42. The molecule has 0 saturated carbocycles. The average Bonchev–Trinajstić information content (AvgIpc) is 2.40. The van der Waals surface area contributed by atoms with E-state index in [1.807, 2.05) is 18.2 Å². The normalized spacial score (nSPS) is 17.0. The van der Waals surface area contributed by atoms with Crippen LogP contribution in [0.1, 0.15) is 5.56 Å². The summed E-state index contributed by atoms with van der Waals surface area (Å²) in [6, 6.07) is 5.87. The molecular formula is C13H18BrClN2O. The second-order valence-electron chi connectivity index (χ2n) is 4.37. The van der Waals surface area contributed by atoms with E-state index in [9.17, 15) is 0 Å². The molecule has 18 heavy (non-hydrogen) atoms. The summed E-state index contributed by atoms with van der Waals surface area (Å²) < 4.78 is 6.42. The van der Waals surface area contributed by atoms with Gasteiger partial charge in [-0.05, 0) is 23.8 Å². The average molecular weight is 334 g/mol. The van der Waals surface area contributed by atoms with Crippen LogP contribution in [0.25, 0.3) is 0 Å². The van der Waals surface area contributed by atoms with Crippen LogP contribution in [-0.2, 0) is 11.3 Å². The predicted molar refractivity (Wildman–Crippen MR) is 78.1 cm³/mol. The van der Waals surface area contributed by atoms with Crippen LogP contribution in [0.5, 0.6) is 0 Å². The zero-order valence-corrected chi connectivity index (χ0v) is 12.6. The maximum absolute atomic E-state index is 5.98. The summed E-state index contributed by atoms with van der Waals surface area (Å²) >= 11 is 9.51. The molecule has 0 spiro atoms. The third-order valence-electron chi connectivity index (χ3n) is 3.03. The molecule has 1 heterocycles. The van der Waals surface area contributed by atoms with E-state index >= 15 is 0 Å². The molecule has 100 valence electrons. The molecule has 1 N–H and O–H groups in total. The van der Waals surface area contributed by atoms with E-state index in [-0.39, 0.29) is 0 Å². The monoisotopic (exact) mass is 332 g/mol. The Morgan fingerprint density at radius 2 is 2.11 bits per heavy atom. The summed E-state index contributed by atoms with van der Waals surface area (Å²) in [6.07, 6.45) is 0. The van der Waals surface area contributed by atoms with E-state index in [1.54, 1.807) is 0 Å². The summed E-state index contributed by atoms with van der Waals surface area (Å²) in [7, 11) is 0. The predicted octanol–water partition coefficient (Wildman–Crippen LogP) is 2.52. The molecule has 0 bridgehead atoms. The lowest BCUT2D eigenvalue weighted by atomic mass is 10.2. The van der Waals surface area contributed by atoms with Gasteiger partial charge < -0.3 is 10.1 Å². The molecule has 5 heteroatoms. The molecule has 1 fully saturated rings. The summed E-state index contributed by atoms with van der Waals surface area (Å²) in [5, 5.41) is 4.23. The SMILES string of the molecule is Clc1ccc(Br)c(CNCCN2CCOCC2)c1. The first-order valence-electron chi connectivity index (χ1n) is 6.20. The number of halogens is 2. The number of ether oxygens (including phenoxy) is 1. The van der Waals surface area contributed by atoms with E-state index in [4.69, 9.17) is 16.3 Å². The van der Waals surface area contributed by atoms with Gasteiger partial charge in [-0.3, -0.25) is 4.90 Å². The van der Waals surface area contributed by atoms with Crippen molar-refractivity contribution in [3.8, 4) is 0 Å². The van der Waals surface area contributed by atoms with E-state index in [1.165, 1.54) is 5.56 Å². The van der Waals surface area contributed by atoms with Crippen molar-refractivity contribution in [3.05, 3.63) is 33.3 Å². The molecule has 0 aromatic heterocycles. The third kappa shape index (κ3) is 4.52. The molecule has 1 saturated heterocycles. The highest BCUT2D eigenvalue weighted by atomic mass is 79.9. The van der Waals surface area contributed by atoms with Crippen molar-refractivity contribution < 1.29 is 4.74 Å². The Kier molecular flexibility index (Phi) is 5.92. The first-order chi connectivity index (χ1) is 8.75. The smallest absolute Gasteiger partial charge is 0.0594 e. The fraction of sp³-hybridized carbons (Fsp3) is 0.538. The molecule has 0 aliphatic carbocycles. The lowest BCUT2D eigenvalue weighted by Gasteiger charge is -2.26. The van der Waals surface area contributed by atoms with Gasteiger partial charge in [0, 0.05) is 42.2 Å². The lowest BCUT2D eigenvalue weighted by molar-refractivity contribution is 0.0384. The van der Waals surface area contributed by atoms with Crippen molar-refractivity contribution in [3.63, 3.8) is 0 Å². The Hall–Kier alpha value is -0.130. The minimum atomic E-state index is 0.781. The Bertz CT molecular complexity index is 383. The highest BCUT2D eigenvalue weighted by Crippen LogP contribution is 2.20. The number of nitrogens with zero attached hydrogens (tertiary/aromatic N) is 1. The van der Waals surface area contributed by atoms with Crippen LogP contribution < -0.4 is 5.32 Å². The maximum Gasteiger partial charge on any atom is 0.0594 e. The zero-order valence-electron chi connectivity index (χ0n) is 10.3. The quantitative estimate of drug-likeness (QED) is 0.838. The topological polar surface area (TPSA) is 24.5 Å². The van der Waals surface area contributed by atoms with Gasteiger partial charge in [-0.1, -0.05) is 27.5 Å². The van der Waals surface area contributed by atoms with Gasteiger partial charge in [0.05, 0.1) is 13.2 Å². The van der Waals surface area contributed by atoms with Crippen molar-refractivity contribution in [2.45, 2.75) is 6.54 Å². The van der Waals surface area contributed by atoms with Gasteiger partial charge in [0.1, 0.15) is 0 Å². The fourth-order valence-corrected chi connectivity index (χ4v) is 2.55. The van der Waals surface area contributed by atoms with Gasteiger partial charge in [-0.2, -0.15) is 0 Å². The summed E-state index contributed by atoms with van der Waals surface area (Å²) in [6.45, 7) is 6.71. The number of nitrogens with one attached hydrogen (secondary N) is 1. The first-order valence-corrected chi connectivity index (χ1v) is 7.37. The van der Waals surface area contributed by atoms with Crippen LogP contribution in [0.3, 0.4) is 0 Å². The fourth-order valence-electron chi connectivity index (χ4n) is 1.96. The summed E-state index contributed by atoms with van der Waals surface area (Å²) in [5.41, 5.74) is 1.20. The molecule has 3 nitrogen and oxygen atoms in total. The van der Waals surface area contributed by atoms with Crippen molar-refractivity contribution in [1.29, 1.82) is 0 Å². The van der Waals surface area contributed by atoms with Crippen LogP contribution in [0, 0.1) is 0 Å². The third-order valence-corrected chi connectivity index (χ3v) is 4.04. The standard InChI is InChI=1S/C13H18BrClN2O/c14-13-2-1-12(15)9-11(13)10-16-3-4-17-5-7-18-8-6-17/h1-2,9,16H,3-8,10H2. The Labute approximate surface area is 122 Å². The molecular weight excluding hydrogens is 316 g/mol. The number of rotatable bonds is 5. The number of hydrogen-bond donors (Lipinski definition) is 1. The Morgan fingerprint density at radius 1 is 1.33 bits per heavy atom. The van der Waals surface area contributed by atoms with Gasteiger partial charge in [-0.15, -0.1) is 0 Å². The Morgan fingerprint density at radius 3 is 2.89 bits per heavy atom. The van der Waals surface area contributed by atoms with Gasteiger partial charge in [-0.25, -0.2) is 0 Å². The molecule has 0 atom stereocenters. The number of morpholine rings is 1. The molecule has 0 amide bonds. The van der Waals surface area contributed by atoms with Gasteiger partial charge >= 0.3 is 0 Å². The molecule has 1 aliphatic heterocycles. The maximum atomic E-state index is 5.98. The van der Waals surface area contributed by atoms with Gasteiger partial charge in [0.25, 0.3) is 0 Å². The second-order valence-corrected chi connectivity index (χ2v) is 5.66. The van der Waals surface area contributed by atoms with E-state index in [0.29, 0.717) is 0 Å². The zero-order chi connectivity index (χ0) is 12.8. The molecule has 0 radical (unpaired) electrons. The van der Waals surface area contributed by atoms with Crippen LogP contribution in [0.2, 0.25) is 5.02 Å². The number of benzene rings is 1. The van der Waals surface area contributed by atoms with E-state index in [0.717, 1.165) is 55.4 Å². The van der Waals surface area contributed by atoms with Crippen LogP contribution >= 0.6 is 27.5 Å². The van der Waals surface area contributed by atoms with Crippen molar-refractivity contribution in [2.75, 3.05) is 39.4 Å². The second kappa shape index (κ2) is 7.46. The van der Waals surface area contributed by atoms with Crippen molar-refractivity contribution >= 4 is 27.5 Å². The van der Waals surface area contributed by atoms with Crippen molar-refractivity contribution in [1.82, 2.24) is 10.2 Å². The van der Waals surface area contributed by atoms with Crippen molar-refractivity contribution in [2.24, 2.45) is 0 Å². The van der Waals surface area contributed by atoms with E-state index in [2.05, 4.69) is 26.1 Å². The lowest BCUT2D eigenvalue weighted by Crippen LogP contribution is -2.40. The van der Waals surface area contributed by atoms with Gasteiger partial charge in [0.2, 0.25) is 0 Å². The highest BCUT2D eigenvalue weighted by Gasteiger charge is 2.09. The van der Waals surface area contributed by atoms with Crippen LogP contribution in [0.15, 0.2) is 22.7 Å². The minimum Gasteiger partial charge on any atom is -0.379 e. The molecule has 1 aromatic rings. The first kappa shape index (κ1) is 14.3. The van der Waals surface area contributed by atoms with Crippen LogP contribution in [0.4, 0.5) is 0 Å². The molecule has 1 aliphatic rings. The molecule has 2 rings (SSSR count). The molecule has 1 aromatic carbocycles. The minimum absolute atomic E-state index is 0.781. The Balaban J connectivity index is 1.69. The number of hydrogen-bond acceptors (Lipinski definition) is 3. The van der Waals surface area contributed by atoms with E-state index < -0.39 is 0 Å².